The zero-order chi connectivity index (χ0) is 13.2. The van der Waals surface area contributed by atoms with Gasteiger partial charge in [0.1, 0.15) is 5.75 Å². The first kappa shape index (κ1) is 13.1. The Hall–Kier alpha value is -0.880. The maximum atomic E-state index is 5.86. The Balaban J connectivity index is 2.04. The topological polar surface area (TPSA) is 47.3 Å². The normalized spacial score (nSPS) is 15.7. The number of halogens is 1. The van der Waals surface area contributed by atoms with E-state index in [4.69, 9.17) is 10.6 Å². The van der Waals surface area contributed by atoms with Gasteiger partial charge < -0.3 is 4.74 Å². The molecule has 5 heteroatoms. The van der Waals surface area contributed by atoms with Crippen molar-refractivity contribution in [1.29, 1.82) is 0 Å². The van der Waals surface area contributed by atoms with Gasteiger partial charge >= 0.3 is 0 Å². The van der Waals surface area contributed by atoms with Crippen molar-refractivity contribution < 1.29 is 4.74 Å². The van der Waals surface area contributed by atoms with E-state index in [0.717, 1.165) is 40.1 Å². The van der Waals surface area contributed by atoms with E-state index in [0.29, 0.717) is 0 Å². The molecule has 3 rings (SSSR count). The van der Waals surface area contributed by atoms with Crippen molar-refractivity contribution in [3.63, 3.8) is 0 Å². The summed E-state index contributed by atoms with van der Waals surface area (Å²) in [5.41, 5.74) is 6.45. The summed E-state index contributed by atoms with van der Waals surface area (Å²) in [6.45, 7) is 0.786. The molecule has 1 aliphatic heterocycles. The smallest absolute Gasteiger partial charge is 0.127 e. The number of thiophene rings is 1. The maximum Gasteiger partial charge on any atom is 0.127 e. The van der Waals surface area contributed by atoms with Crippen LogP contribution in [-0.4, -0.2) is 6.61 Å². The molecule has 1 atom stereocenters. The predicted octanol–water partition coefficient (Wildman–Crippen LogP) is 3.39. The molecule has 0 saturated heterocycles. The van der Waals surface area contributed by atoms with Crippen molar-refractivity contribution in [2.24, 2.45) is 5.84 Å². The Morgan fingerprint density at radius 1 is 1.42 bits per heavy atom. The minimum Gasteiger partial charge on any atom is -0.493 e. The van der Waals surface area contributed by atoms with E-state index in [1.54, 1.807) is 11.3 Å². The zero-order valence-corrected chi connectivity index (χ0v) is 12.8. The number of benzene rings is 1. The van der Waals surface area contributed by atoms with Crippen LogP contribution >= 0.6 is 27.3 Å². The van der Waals surface area contributed by atoms with Crippen LogP contribution in [0.15, 0.2) is 33.4 Å². The van der Waals surface area contributed by atoms with Gasteiger partial charge in [-0.1, -0.05) is 18.2 Å². The molecule has 1 aromatic heterocycles. The minimum atomic E-state index is -0.0319. The highest BCUT2D eigenvalue weighted by Crippen LogP contribution is 2.37. The van der Waals surface area contributed by atoms with E-state index in [2.05, 4.69) is 51.0 Å². The van der Waals surface area contributed by atoms with Gasteiger partial charge in [0, 0.05) is 5.56 Å². The van der Waals surface area contributed by atoms with E-state index in [1.807, 2.05) is 0 Å². The van der Waals surface area contributed by atoms with Crippen molar-refractivity contribution in [3.05, 3.63) is 50.1 Å². The molecule has 0 aliphatic carbocycles. The summed E-state index contributed by atoms with van der Waals surface area (Å²) in [4.78, 5) is 0. The predicted molar refractivity (Wildman–Crippen MR) is 81.4 cm³/mol. The third-order valence-corrected chi connectivity index (χ3v) is 4.89. The lowest BCUT2D eigenvalue weighted by molar-refractivity contribution is 0.283. The Labute approximate surface area is 124 Å². The fraction of sp³-hybridized carbons (Fsp3) is 0.286. The highest BCUT2D eigenvalue weighted by Gasteiger charge is 2.22. The maximum absolute atomic E-state index is 5.86. The van der Waals surface area contributed by atoms with Gasteiger partial charge in [-0.25, -0.2) is 5.43 Å². The molecule has 0 amide bonds. The number of hydrogen-bond acceptors (Lipinski definition) is 4. The lowest BCUT2D eigenvalue weighted by Gasteiger charge is -2.24. The average Bonchev–Trinajstić information content (AvgIpc) is 2.86. The van der Waals surface area contributed by atoms with Crippen LogP contribution in [0.3, 0.4) is 0 Å². The SMILES string of the molecule is NNC(c1csc(Br)c1)c1cccc2c1OCCC2. The number of nitrogens with two attached hydrogens (primary N) is 1. The molecule has 3 nitrogen and oxygen atoms in total. The Bertz CT molecular complexity index is 585. The molecule has 19 heavy (non-hydrogen) atoms. The van der Waals surface area contributed by atoms with Crippen molar-refractivity contribution >= 4 is 27.3 Å². The van der Waals surface area contributed by atoms with Gasteiger partial charge in [-0.15, -0.1) is 11.3 Å². The molecule has 2 aromatic rings. The van der Waals surface area contributed by atoms with Crippen LogP contribution in [0.5, 0.6) is 5.75 Å². The van der Waals surface area contributed by atoms with E-state index in [1.165, 1.54) is 5.56 Å². The fourth-order valence-corrected chi connectivity index (χ4v) is 3.68. The molecular weight excluding hydrogens is 324 g/mol. The highest BCUT2D eigenvalue weighted by molar-refractivity contribution is 9.11. The van der Waals surface area contributed by atoms with E-state index in [-0.39, 0.29) is 6.04 Å². The van der Waals surface area contributed by atoms with Crippen molar-refractivity contribution in [2.75, 3.05) is 6.61 Å². The summed E-state index contributed by atoms with van der Waals surface area (Å²) in [6.07, 6.45) is 2.16. The quantitative estimate of drug-likeness (QED) is 0.666. The molecule has 100 valence electrons. The van der Waals surface area contributed by atoms with Gasteiger partial charge in [0.15, 0.2) is 0 Å². The third-order valence-electron chi connectivity index (χ3n) is 3.36. The van der Waals surface area contributed by atoms with Gasteiger partial charge in [0.2, 0.25) is 0 Å². The van der Waals surface area contributed by atoms with E-state index in [9.17, 15) is 0 Å². The van der Waals surface area contributed by atoms with Crippen LogP contribution in [0.2, 0.25) is 0 Å². The molecule has 0 radical (unpaired) electrons. The summed E-state index contributed by atoms with van der Waals surface area (Å²) in [6, 6.07) is 8.36. The van der Waals surface area contributed by atoms with E-state index >= 15 is 0 Å². The first-order valence-electron chi connectivity index (χ1n) is 6.24. The average molecular weight is 339 g/mol. The monoisotopic (exact) mass is 338 g/mol. The Morgan fingerprint density at radius 2 is 2.32 bits per heavy atom. The summed E-state index contributed by atoms with van der Waals surface area (Å²) in [5, 5.41) is 2.11. The molecule has 3 N–H and O–H groups in total. The third kappa shape index (κ3) is 2.56. The van der Waals surface area contributed by atoms with Gasteiger partial charge in [0.25, 0.3) is 0 Å². The number of hydrogen-bond donors (Lipinski definition) is 2. The molecule has 1 unspecified atom stereocenters. The van der Waals surface area contributed by atoms with Gasteiger partial charge in [0.05, 0.1) is 16.4 Å². The van der Waals surface area contributed by atoms with Gasteiger partial charge in [-0.2, -0.15) is 0 Å². The number of para-hydroxylation sites is 1. The van der Waals surface area contributed by atoms with Crippen molar-refractivity contribution in [1.82, 2.24) is 5.43 Å². The lowest BCUT2D eigenvalue weighted by Crippen LogP contribution is -2.29. The minimum absolute atomic E-state index is 0.0319. The molecule has 0 fully saturated rings. The number of nitrogens with one attached hydrogen (secondary N) is 1. The molecule has 0 bridgehead atoms. The van der Waals surface area contributed by atoms with Crippen LogP contribution in [-0.2, 0) is 6.42 Å². The summed E-state index contributed by atoms with van der Waals surface area (Å²) in [7, 11) is 0. The van der Waals surface area contributed by atoms with Crippen molar-refractivity contribution in [2.45, 2.75) is 18.9 Å². The van der Waals surface area contributed by atoms with Crippen LogP contribution in [0.25, 0.3) is 0 Å². The summed E-state index contributed by atoms with van der Waals surface area (Å²) >= 11 is 5.16. The highest BCUT2D eigenvalue weighted by atomic mass is 79.9. The molecule has 2 heterocycles. The second-order valence-electron chi connectivity index (χ2n) is 4.57. The fourth-order valence-electron chi connectivity index (χ4n) is 2.48. The van der Waals surface area contributed by atoms with E-state index < -0.39 is 0 Å². The zero-order valence-electron chi connectivity index (χ0n) is 10.4. The van der Waals surface area contributed by atoms with Crippen molar-refractivity contribution in [3.8, 4) is 5.75 Å². The van der Waals surface area contributed by atoms with Crippen LogP contribution in [0.4, 0.5) is 0 Å². The second-order valence-corrected chi connectivity index (χ2v) is 6.86. The first-order chi connectivity index (χ1) is 9.29. The molecule has 0 spiro atoms. The Morgan fingerprint density at radius 3 is 3.05 bits per heavy atom. The summed E-state index contributed by atoms with van der Waals surface area (Å²) < 4.78 is 6.97. The van der Waals surface area contributed by atoms with Crippen LogP contribution < -0.4 is 16.0 Å². The molecule has 1 aliphatic rings. The number of aryl methyl sites for hydroxylation is 1. The summed E-state index contributed by atoms with van der Waals surface area (Å²) in [5.74, 6) is 6.76. The van der Waals surface area contributed by atoms with Crippen LogP contribution in [0, 0.1) is 0 Å². The number of fused-ring (bicyclic) bond motifs is 1. The molecule has 1 aromatic carbocycles. The van der Waals surface area contributed by atoms with Gasteiger partial charge in [-0.05, 0) is 51.3 Å². The standard InChI is InChI=1S/C14H15BrN2OS/c15-12-7-10(8-19-12)13(17-16)11-5-1-3-9-4-2-6-18-14(9)11/h1,3,5,7-8,13,17H,2,4,6,16H2. The van der Waals surface area contributed by atoms with Gasteiger partial charge in [-0.3, -0.25) is 5.84 Å². The second kappa shape index (κ2) is 5.63. The largest absolute Gasteiger partial charge is 0.493 e. The van der Waals surface area contributed by atoms with Crippen LogP contribution in [0.1, 0.15) is 29.2 Å². The first-order valence-corrected chi connectivity index (χ1v) is 7.91. The number of rotatable bonds is 3. The number of hydrazine groups is 1. The molecule has 0 saturated carbocycles. The lowest BCUT2D eigenvalue weighted by atomic mass is 9.95. The molecular formula is C14H15BrN2OS. The number of ether oxygens (including phenoxy) is 1. The Kier molecular flexibility index (Phi) is 3.88.